The minimum atomic E-state index is -0.699. The van der Waals surface area contributed by atoms with Gasteiger partial charge in [0.1, 0.15) is 11.4 Å². The standard InChI is InChI=1S/C22H23N3O5/c1-2-15(13-7-4-3-5-8-13)24-17-18(21(29)20(17)28)25-16-10-6-9-14(19(16)27)22(30)23-11-12-26/h3-10,15,24-27H,2,11-12H2,1H3,(H,23,30)/t15-/m1/s1. The maximum atomic E-state index is 12.2. The predicted octanol–water partition coefficient (Wildman–Crippen LogP) is 2.02. The first-order chi connectivity index (χ1) is 14.5. The summed E-state index contributed by atoms with van der Waals surface area (Å²) < 4.78 is 0. The van der Waals surface area contributed by atoms with Gasteiger partial charge in [0.25, 0.3) is 16.8 Å². The van der Waals surface area contributed by atoms with Gasteiger partial charge in [-0.2, -0.15) is 0 Å². The number of aromatic hydroxyl groups is 1. The minimum absolute atomic E-state index is 0.0163. The predicted molar refractivity (Wildman–Crippen MR) is 115 cm³/mol. The van der Waals surface area contributed by atoms with E-state index in [-0.39, 0.29) is 47.6 Å². The number of rotatable bonds is 9. The van der Waals surface area contributed by atoms with Crippen molar-refractivity contribution in [2.24, 2.45) is 0 Å². The molecule has 1 atom stereocenters. The van der Waals surface area contributed by atoms with Crippen LogP contribution in [-0.4, -0.2) is 29.3 Å². The molecule has 0 aliphatic rings. The second-order valence-corrected chi connectivity index (χ2v) is 6.73. The summed E-state index contributed by atoms with van der Waals surface area (Å²) in [6.45, 7) is 1.77. The van der Waals surface area contributed by atoms with Crippen LogP contribution in [0.4, 0.5) is 17.1 Å². The van der Waals surface area contributed by atoms with E-state index in [0.29, 0.717) is 6.42 Å². The number of anilines is 3. The van der Waals surface area contributed by atoms with Gasteiger partial charge in [0.05, 0.1) is 23.9 Å². The third-order valence-electron chi connectivity index (χ3n) is 4.78. The first-order valence-corrected chi connectivity index (χ1v) is 9.60. The maximum Gasteiger partial charge on any atom is 0.255 e. The van der Waals surface area contributed by atoms with Gasteiger partial charge in [-0.25, -0.2) is 0 Å². The second kappa shape index (κ2) is 9.23. The molecule has 0 saturated carbocycles. The number of benzene rings is 2. The number of phenolic OH excluding ortho intramolecular Hbond substituents is 1. The summed E-state index contributed by atoms with van der Waals surface area (Å²) in [4.78, 5) is 36.4. The van der Waals surface area contributed by atoms with Crippen LogP contribution in [0.1, 0.15) is 35.3 Å². The molecule has 0 spiro atoms. The zero-order chi connectivity index (χ0) is 21.7. The Balaban J connectivity index is 1.86. The highest BCUT2D eigenvalue weighted by atomic mass is 16.3. The topological polar surface area (TPSA) is 128 Å². The van der Waals surface area contributed by atoms with Crippen LogP contribution in [0.5, 0.6) is 5.75 Å². The molecule has 3 aromatic rings. The van der Waals surface area contributed by atoms with Crippen molar-refractivity contribution < 1.29 is 15.0 Å². The van der Waals surface area contributed by atoms with Crippen LogP contribution in [0.2, 0.25) is 0 Å². The number of para-hydroxylation sites is 1. The molecule has 8 nitrogen and oxygen atoms in total. The number of aliphatic hydroxyl groups is 1. The van der Waals surface area contributed by atoms with Crippen LogP contribution in [-0.2, 0) is 0 Å². The SMILES string of the molecule is CC[C@@H](Nc1c(Nc2cccc(C(=O)NCCO)c2O)c(=O)c1=O)c1ccccc1. The summed E-state index contributed by atoms with van der Waals surface area (Å²) in [6, 6.07) is 13.8. The highest BCUT2D eigenvalue weighted by Crippen LogP contribution is 2.32. The number of hydrogen-bond acceptors (Lipinski definition) is 7. The lowest BCUT2D eigenvalue weighted by Gasteiger charge is -2.22. The highest BCUT2D eigenvalue weighted by Gasteiger charge is 2.25. The number of carbonyl (C=O) groups excluding carboxylic acids is 1. The zero-order valence-corrected chi connectivity index (χ0v) is 16.4. The van der Waals surface area contributed by atoms with Gasteiger partial charge in [0.2, 0.25) is 0 Å². The average molecular weight is 409 g/mol. The van der Waals surface area contributed by atoms with Gasteiger partial charge >= 0.3 is 0 Å². The van der Waals surface area contributed by atoms with Gasteiger partial charge in [-0.3, -0.25) is 14.4 Å². The Hall–Kier alpha value is -3.65. The van der Waals surface area contributed by atoms with Gasteiger partial charge in [-0.05, 0) is 24.1 Å². The molecule has 3 aromatic carbocycles. The van der Waals surface area contributed by atoms with Crippen molar-refractivity contribution in [1.29, 1.82) is 0 Å². The number of carbonyl (C=O) groups is 1. The van der Waals surface area contributed by atoms with Crippen molar-refractivity contribution in [3.05, 3.63) is 80.1 Å². The monoisotopic (exact) mass is 409 g/mol. The molecule has 0 bridgehead atoms. The van der Waals surface area contributed by atoms with Crippen LogP contribution >= 0.6 is 0 Å². The van der Waals surface area contributed by atoms with E-state index in [9.17, 15) is 19.5 Å². The summed E-state index contributed by atoms with van der Waals surface area (Å²) >= 11 is 0. The van der Waals surface area contributed by atoms with Crippen LogP contribution in [0.3, 0.4) is 0 Å². The van der Waals surface area contributed by atoms with E-state index in [1.807, 2.05) is 37.3 Å². The van der Waals surface area contributed by atoms with Gasteiger partial charge in [0.15, 0.2) is 5.75 Å². The largest absolute Gasteiger partial charge is 0.505 e. The van der Waals surface area contributed by atoms with Crippen molar-refractivity contribution in [3.8, 4) is 5.75 Å². The average Bonchev–Trinajstić information content (AvgIpc) is 2.78. The fraction of sp³-hybridized carbons (Fsp3) is 0.227. The molecule has 0 aliphatic heterocycles. The molecule has 0 heterocycles. The number of phenols is 1. The smallest absolute Gasteiger partial charge is 0.255 e. The lowest BCUT2D eigenvalue weighted by molar-refractivity contribution is 0.0942. The quantitative estimate of drug-likeness (QED) is 0.270. The summed E-state index contributed by atoms with van der Waals surface area (Å²) in [5, 5.41) is 27.6. The second-order valence-electron chi connectivity index (χ2n) is 6.73. The van der Waals surface area contributed by atoms with Crippen molar-refractivity contribution >= 4 is 23.0 Å². The van der Waals surface area contributed by atoms with Crippen LogP contribution in [0.25, 0.3) is 0 Å². The molecule has 5 N–H and O–H groups in total. The van der Waals surface area contributed by atoms with E-state index < -0.39 is 16.8 Å². The van der Waals surface area contributed by atoms with E-state index in [2.05, 4.69) is 16.0 Å². The summed E-state index contributed by atoms with van der Waals surface area (Å²) in [5.41, 5.74) is -0.0719. The first-order valence-electron chi connectivity index (χ1n) is 9.60. The molecule has 8 heteroatoms. The van der Waals surface area contributed by atoms with Crippen molar-refractivity contribution in [3.63, 3.8) is 0 Å². The summed E-state index contributed by atoms with van der Waals surface area (Å²) in [7, 11) is 0. The van der Waals surface area contributed by atoms with Crippen LogP contribution < -0.4 is 26.8 Å². The van der Waals surface area contributed by atoms with Crippen molar-refractivity contribution in [2.75, 3.05) is 23.8 Å². The molecule has 156 valence electrons. The maximum absolute atomic E-state index is 12.2. The van der Waals surface area contributed by atoms with E-state index in [0.717, 1.165) is 5.56 Å². The molecule has 30 heavy (non-hydrogen) atoms. The normalized spacial score (nSPS) is 11.8. The number of nitrogens with one attached hydrogen (secondary N) is 3. The highest BCUT2D eigenvalue weighted by molar-refractivity contribution is 5.99. The molecule has 3 rings (SSSR count). The van der Waals surface area contributed by atoms with E-state index in [4.69, 9.17) is 5.11 Å². The third-order valence-corrected chi connectivity index (χ3v) is 4.78. The Bertz CT molecular complexity index is 1100. The fourth-order valence-electron chi connectivity index (χ4n) is 3.16. The van der Waals surface area contributed by atoms with Gasteiger partial charge in [-0.1, -0.05) is 43.3 Å². The number of amides is 1. The molecule has 0 unspecified atom stereocenters. The van der Waals surface area contributed by atoms with Gasteiger partial charge in [0, 0.05) is 6.54 Å². The zero-order valence-electron chi connectivity index (χ0n) is 16.4. The molecule has 0 aliphatic carbocycles. The minimum Gasteiger partial charge on any atom is -0.505 e. The molecular weight excluding hydrogens is 386 g/mol. The van der Waals surface area contributed by atoms with E-state index in [1.165, 1.54) is 18.2 Å². The molecule has 0 saturated heterocycles. The summed E-state index contributed by atoms with van der Waals surface area (Å²) in [5.74, 6) is -0.925. The Morgan fingerprint density at radius 3 is 2.37 bits per heavy atom. The molecular formula is C22H23N3O5. The summed E-state index contributed by atoms with van der Waals surface area (Å²) in [6.07, 6.45) is 0.689. The van der Waals surface area contributed by atoms with Gasteiger partial charge in [-0.15, -0.1) is 0 Å². The Kier molecular flexibility index (Phi) is 6.48. The number of hydrogen-bond donors (Lipinski definition) is 5. The molecule has 0 radical (unpaired) electrons. The van der Waals surface area contributed by atoms with Crippen molar-refractivity contribution in [1.82, 2.24) is 5.32 Å². The third kappa shape index (κ3) is 4.18. The van der Waals surface area contributed by atoms with Crippen LogP contribution in [0.15, 0.2) is 58.1 Å². The molecule has 0 fully saturated rings. The Morgan fingerprint density at radius 1 is 1.00 bits per heavy atom. The molecule has 1 amide bonds. The van der Waals surface area contributed by atoms with E-state index >= 15 is 0 Å². The Morgan fingerprint density at radius 2 is 1.70 bits per heavy atom. The molecule has 0 aromatic heterocycles. The van der Waals surface area contributed by atoms with Gasteiger partial charge < -0.3 is 26.2 Å². The lowest BCUT2D eigenvalue weighted by Crippen LogP contribution is -2.37. The van der Waals surface area contributed by atoms with Crippen LogP contribution in [0, 0.1) is 0 Å². The van der Waals surface area contributed by atoms with E-state index in [1.54, 1.807) is 0 Å². The first kappa shape index (κ1) is 21.1. The Labute approximate surface area is 172 Å². The number of aliphatic hydroxyl groups excluding tert-OH is 1. The lowest BCUT2D eigenvalue weighted by atomic mass is 10.0. The van der Waals surface area contributed by atoms with Crippen molar-refractivity contribution in [2.45, 2.75) is 19.4 Å². The fourth-order valence-corrected chi connectivity index (χ4v) is 3.16.